The van der Waals surface area contributed by atoms with Gasteiger partial charge in [0.15, 0.2) is 0 Å². The summed E-state index contributed by atoms with van der Waals surface area (Å²) in [6, 6.07) is -1.61. The van der Waals surface area contributed by atoms with Gasteiger partial charge >= 0.3 is 41.6 Å². The molecule has 0 heterocycles. The number of hydrogen-bond donors (Lipinski definition) is 2. The largest absolute Gasteiger partial charge is 1.00 e. The Kier molecular flexibility index (Phi) is 6.78. The molecule has 2 N–H and O–H groups in total. The molecule has 1 amide bonds. The van der Waals surface area contributed by atoms with E-state index >= 15 is 0 Å². The van der Waals surface area contributed by atoms with E-state index in [1.807, 2.05) is 0 Å². The summed E-state index contributed by atoms with van der Waals surface area (Å²) in [5, 5.41) is 27.6. The second-order valence-corrected chi connectivity index (χ2v) is 3.26. The van der Waals surface area contributed by atoms with Crippen LogP contribution in [0.2, 0.25) is 0 Å². The number of carboxylic acids is 2. The summed E-state index contributed by atoms with van der Waals surface area (Å²) in [5.41, 5.74) is 0. The van der Waals surface area contributed by atoms with Gasteiger partial charge in [0, 0.05) is 0 Å². The molecule has 0 rings (SSSR count). The quantitative estimate of drug-likeness (QED) is 0.370. The van der Waals surface area contributed by atoms with Crippen LogP contribution in [-0.2, 0) is 9.59 Å². The van der Waals surface area contributed by atoms with E-state index < -0.39 is 35.0 Å². The number of carbonyl (C=O) groups excluding carboxylic acids is 1. The summed E-state index contributed by atoms with van der Waals surface area (Å²) < 4.78 is -0.978. The van der Waals surface area contributed by atoms with E-state index in [2.05, 4.69) is 0 Å². The van der Waals surface area contributed by atoms with Crippen LogP contribution < -0.4 is 34.7 Å². The maximum atomic E-state index is 10.6. The first-order valence-corrected chi connectivity index (χ1v) is 3.69. The van der Waals surface area contributed by atoms with Gasteiger partial charge in [-0.1, -0.05) is 0 Å². The standard InChI is InChI=1S/C7H11NO6.Na.H/c1-8(2,7(13)14)4(6(11)12)3-5(9)10;;/h4H,3H2,1-2H3,(H2-,9,10,11,12,13,14);;/q;+1;-1/t4-;;/m0../s1. The Labute approximate surface area is 110 Å². The van der Waals surface area contributed by atoms with Crippen molar-refractivity contribution in [3.63, 3.8) is 0 Å². The number of nitrogens with zero attached hydrogens (tertiary/aromatic N) is 1. The van der Waals surface area contributed by atoms with Crippen molar-refractivity contribution in [3.8, 4) is 0 Å². The zero-order chi connectivity index (χ0) is 11.5. The minimum absolute atomic E-state index is 0. The minimum atomic E-state index is -1.69. The SMILES string of the molecule is C[N+](C)(C(=O)O)[C@@H](CC(=O)O)C(=O)[O-].[H-].[Na+]. The van der Waals surface area contributed by atoms with Crippen LogP contribution in [0.5, 0.6) is 0 Å². The molecule has 0 saturated heterocycles. The second kappa shape index (κ2) is 6.06. The van der Waals surface area contributed by atoms with Gasteiger partial charge in [-0.25, -0.2) is 4.48 Å². The van der Waals surface area contributed by atoms with Gasteiger partial charge in [0.1, 0.15) is 18.4 Å². The molecule has 0 aliphatic carbocycles. The number of likely N-dealkylation sites (N-methyl/N-ethyl adjacent to an activating group) is 1. The number of carbonyl (C=O) groups is 3. The summed E-state index contributed by atoms with van der Waals surface area (Å²) in [6.45, 7) is 0. The number of hydrogen-bond acceptors (Lipinski definition) is 4. The summed E-state index contributed by atoms with van der Waals surface area (Å²) in [4.78, 5) is 31.5. The van der Waals surface area contributed by atoms with Crippen LogP contribution in [0.3, 0.4) is 0 Å². The molecule has 0 aromatic carbocycles. The van der Waals surface area contributed by atoms with E-state index in [9.17, 15) is 19.5 Å². The average Bonchev–Trinajstić information content (AvgIpc) is 1.98. The predicted octanol–water partition coefficient (Wildman–Crippen LogP) is -4.55. The average molecular weight is 229 g/mol. The molecule has 0 aromatic heterocycles. The fraction of sp³-hybridized carbons (Fsp3) is 0.571. The van der Waals surface area contributed by atoms with E-state index in [-0.39, 0.29) is 31.0 Å². The normalized spacial score (nSPS) is 12.4. The minimum Gasteiger partial charge on any atom is -1.00 e. The molecule has 1 atom stereocenters. The topological polar surface area (TPSA) is 115 Å². The van der Waals surface area contributed by atoms with Crippen molar-refractivity contribution in [1.29, 1.82) is 0 Å². The van der Waals surface area contributed by atoms with E-state index in [0.29, 0.717) is 0 Å². The summed E-state index contributed by atoms with van der Waals surface area (Å²) >= 11 is 0. The molecule has 0 fully saturated rings. The Hall–Kier alpha value is -0.630. The molecule has 0 radical (unpaired) electrons. The monoisotopic (exact) mass is 229 g/mol. The van der Waals surface area contributed by atoms with E-state index in [1.165, 1.54) is 0 Å². The van der Waals surface area contributed by atoms with Crippen molar-refractivity contribution in [2.75, 3.05) is 14.1 Å². The van der Waals surface area contributed by atoms with Crippen LogP contribution in [0.15, 0.2) is 0 Å². The third-order valence-electron chi connectivity index (χ3n) is 1.91. The first-order chi connectivity index (χ1) is 6.19. The fourth-order valence-corrected chi connectivity index (χ4v) is 0.874. The molecule has 7 nitrogen and oxygen atoms in total. The zero-order valence-electron chi connectivity index (χ0n) is 9.76. The van der Waals surface area contributed by atoms with Crippen LogP contribution >= 0.6 is 0 Å². The molecule has 0 aliphatic rings. The Bertz CT molecular complexity index is 282. The van der Waals surface area contributed by atoms with Crippen LogP contribution in [0.1, 0.15) is 7.85 Å². The van der Waals surface area contributed by atoms with E-state index in [0.717, 1.165) is 14.1 Å². The number of rotatable bonds is 4. The van der Waals surface area contributed by atoms with Gasteiger partial charge in [0.25, 0.3) is 0 Å². The zero-order valence-corrected chi connectivity index (χ0v) is 10.8. The summed E-state index contributed by atoms with van der Waals surface area (Å²) in [7, 11) is 2.18. The third-order valence-corrected chi connectivity index (χ3v) is 1.91. The van der Waals surface area contributed by atoms with Crippen molar-refractivity contribution in [3.05, 3.63) is 0 Å². The number of amides is 1. The fourth-order valence-electron chi connectivity index (χ4n) is 0.874. The predicted molar refractivity (Wildman–Crippen MR) is 42.3 cm³/mol. The van der Waals surface area contributed by atoms with E-state index in [4.69, 9.17) is 10.2 Å². The Morgan fingerprint density at radius 1 is 1.33 bits per heavy atom. The number of carboxylic acid groups (broad SMARTS) is 3. The molecule has 15 heavy (non-hydrogen) atoms. The van der Waals surface area contributed by atoms with Crippen LogP contribution in [0, 0.1) is 0 Å². The van der Waals surface area contributed by atoms with Crippen molar-refractivity contribution >= 4 is 18.0 Å². The van der Waals surface area contributed by atoms with Gasteiger partial charge in [-0.05, 0) is 0 Å². The molecular weight excluding hydrogens is 217 g/mol. The van der Waals surface area contributed by atoms with Gasteiger partial charge < -0.3 is 21.5 Å². The van der Waals surface area contributed by atoms with E-state index in [1.54, 1.807) is 0 Å². The molecule has 0 aromatic rings. The Morgan fingerprint density at radius 3 is 1.93 bits per heavy atom. The molecule has 0 aliphatic heterocycles. The van der Waals surface area contributed by atoms with Gasteiger partial charge in [0.2, 0.25) is 0 Å². The van der Waals surface area contributed by atoms with Crippen LogP contribution in [0.4, 0.5) is 4.79 Å². The maximum Gasteiger partial charge on any atom is 1.00 e. The molecule has 0 spiro atoms. The molecular formula is C7H12NNaO6. The second-order valence-electron chi connectivity index (χ2n) is 3.26. The molecule has 0 saturated carbocycles. The molecule has 82 valence electrons. The number of aliphatic carboxylic acids is 2. The first-order valence-electron chi connectivity index (χ1n) is 3.69. The van der Waals surface area contributed by atoms with Crippen LogP contribution in [0.25, 0.3) is 0 Å². The number of quaternary nitrogens is 1. The molecule has 0 bridgehead atoms. The summed E-state index contributed by atoms with van der Waals surface area (Å²) in [6.07, 6.45) is -2.22. The Morgan fingerprint density at radius 2 is 1.73 bits per heavy atom. The molecule has 8 heteroatoms. The third kappa shape index (κ3) is 4.61. The van der Waals surface area contributed by atoms with Gasteiger partial charge in [-0.2, -0.15) is 4.79 Å². The van der Waals surface area contributed by atoms with Crippen molar-refractivity contribution in [2.45, 2.75) is 12.5 Å². The maximum absolute atomic E-state index is 10.6. The van der Waals surface area contributed by atoms with Gasteiger partial charge in [-0.3, -0.25) is 4.79 Å². The van der Waals surface area contributed by atoms with Crippen molar-refractivity contribution in [1.82, 2.24) is 0 Å². The summed E-state index contributed by atoms with van der Waals surface area (Å²) in [5.74, 6) is -3.08. The van der Waals surface area contributed by atoms with Crippen LogP contribution in [-0.4, -0.2) is 52.9 Å². The van der Waals surface area contributed by atoms with Gasteiger partial charge in [-0.15, -0.1) is 0 Å². The van der Waals surface area contributed by atoms with Gasteiger partial charge in [0.05, 0.1) is 14.1 Å². The van der Waals surface area contributed by atoms with Crippen molar-refractivity contribution in [2.24, 2.45) is 0 Å². The van der Waals surface area contributed by atoms with Crippen molar-refractivity contribution < 1.29 is 65.2 Å². The smallest absolute Gasteiger partial charge is 1.00 e. The Balaban J connectivity index is -0.000000845. The molecule has 0 unspecified atom stereocenters. The first kappa shape index (κ1) is 16.8.